The number of nitrogens with zero attached hydrogens (tertiary/aromatic N) is 2. The smallest absolute Gasteiger partial charge is 0.324 e. The van der Waals surface area contributed by atoms with Gasteiger partial charge < -0.3 is 4.90 Å². The van der Waals surface area contributed by atoms with Crippen LogP contribution in [0.5, 0.6) is 0 Å². The molecule has 3 rings (SSSR count). The SMILES string of the molecule is O=C(Nc1nc(C(F)(F)F)cs1)N1CCC2(CC1)C(F)(F)C2(F)F. The lowest BCUT2D eigenvalue weighted by atomic mass is 9.92. The van der Waals surface area contributed by atoms with E-state index < -0.39 is 48.0 Å². The zero-order chi connectivity index (χ0) is 18.0. The number of carbonyl (C=O) groups excluding carboxylic acids is 1. The van der Waals surface area contributed by atoms with Gasteiger partial charge in [0, 0.05) is 18.5 Å². The van der Waals surface area contributed by atoms with Crippen molar-refractivity contribution < 1.29 is 35.5 Å². The Balaban J connectivity index is 1.60. The first-order valence-electron chi connectivity index (χ1n) is 6.77. The molecule has 0 aromatic carbocycles. The van der Waals surface area contributed by atoms with Gasteiger partial charge in [0.1, 0.15) is 5.41 Å². The molecular weight excluding hydrogens is 367 g/mol. The Labute approximate surface area is 134 Å². The number of carbonyl (C=O) groups is 1. The summed E-state index contributed by atoms with van der Waals surface area (Å²) in [6, 6.07) is -0.861. The average molecular weight is 377 g/mol. The molecule has 0 atom stereocenters. The Morgan fingerprint density at radius 2 is 1.71 bits per heavy atom. The molecule has 1 aliphatic heterocycles. The topological polar surface area (TPSA) is 45.2 Å². The van der Waals surface area contributed by atoms with Gasteiger partial charge in [-0.05, 0) is 12.8 Å². The summed E-state index contributed by atoms with van der Waals surface area (Å²) in [6.07, 6.45) is -5.81. The van der Waals surface area contributed by atoms with Gasteiger partial charge in [0.2, 0.25) is 0 Å². The van der Waals surface area contributed by atoms with E-state index in [9.17, 15) is 35.5 Å². The Bertz CT molecular complexity index is 648. The number of nitrogens with one attached hydrogen (secondary N) is 1. The van der Waals surface area contributed by atoms with Crippen LogP contribution in [0.25, 0.3) is 0 Å². The molecule has 1 aromatic heterocycles. The Kier molecular flexibility index (Phi) is 3.56. The van der Waals surface area contributed by atoms with Gasteiger partial charge >= 0.3 is 24.1 Å². The van der Waals surface area contributed by atoms with Crippen molar-refractivity contribution >= 4 is 22.5 Å². The molecule has 1 saturated carbocycles. The summed E-state index contributed by atoms with van der Waals surface area (Å²) in [4.78, 5) is 16.1. The van der Waals surface area contributed by atoms with E-state index in [1.165, 1.54) is 0 Å². The third-order valence-electron chi connectivity index (χ3n) is 4.45. The Morgan fingerprint density at radius 3 is 2.12 bits per heavy atom. The fourth-order valence-electron chi connectivity index (χ4n) is 2.87. The van der Waals surface area contributed by atoms with Crippen molar-refractivity contribution in [3.63, 3.8) is 0 Å². The van der Waals surface area contributed by atoms with E-state index in [4.69, 9.17) is 0 Å². The van der Waals surface area contributed by atoms with E-state index in [-0.39, 0.29) is 18.2 Å². The second kappa shape index (κ2) is 4.96. The summed E-state index contributed by atoms with van der Waals surface area (Å²) in [5.41, 5.74) is -3.58. The maximum atomic E-state index is 13.3. The molecule has 1 saturated heterocycles. The van der Waals surface area contributed by atoms with Crippen LogP contribution >= 0.6 is 11.3 Å². The van der Waals surface area contributed by atoms with Crippen LogP contribution in [0.2, 0.25) is 0 Å². The zero-order valence-corrected chi connectivity index (χ0v) is 12.6. The van der Waals surface area contributed by atoms with Crippen molar-refractivity contribution in [2.24, 2.45) is 5.41 Å². The number of piperidine rings is 1. The number of halogens is 7. The molecule has 1 aliphatic carbocycles. The van der Waals surface area contributed by atoms with Crippen LogP contribution in [0.15, 0.2) is 5.38 Å². The standard InChI is InChI=1S/C12H10F7N3OS/c13-10(14,15)6-5-24-7(20-6)21-8(23)22-3-1-9(2-4-22)11(16,17)12(9,18)19/h5H,1-4H2,(H,20,21,23). The lowest BCUT2D eigenvalue weighted by molar-refractivity contribution is -0.140. The van der Waals surface area contributed by atoms with Gasteiger partial charge in [0.15, 0.2) is 10.8 Å². The molecule has 4 nitrogen and oxygen atoms in total. The van der Waals surface area contributed by atoms with Crippen LogP contribution in [-0.4, -0.2) is 40.8 Å². The minimum atomic E-state index is -4.65. The Morgan fingerprint density at radius 1 is 1.17 bits per heavy atom. The number of hydrogen-bond donors (Lipinski definition) is 1. The van der Waals surface area contributed by atoms with Crippen LogP contribution in [0.3, 0.4) is 0 Å². The molecule has 2 fully saturated rings. The molecule has 2 amide bonds. The number of hydrogen-bond acceptors (Lipinski definition) is 3. The van der Waals surface area contributed by atoms with E-state index in [1.54, 1.807) is 0 Å². The molecule has 0 radical (unpaired) electrons. The number of thiazole rings is 1. The number of amides is 2. The number of likely N-dealkylation sites (tertiary alicyclic amines) is 1. The molecule has 2 aliphatic rings. The lowest BCUT2D eigenvalue weighted by Gasteiger charge is -2.31. The van der Waals surface area contributed by atoms with Gasteiger partial charge in [0.25, 0.3) is 0 Å². The molecule has 1 N–H and O–H groups in total. The first-order valence-corrected chi connectivity index (χ1v) is 7.65. The van der Waals surface area contributed by atoms with Gasteiger partial charge in [-0.2, -0.15) is 30.7 Å². The highest BCUT2D eigenvalue weighted by atomic mass is 32.1. The lowest BCUT2D eigenvalue weighted by Crippen LogP contribution is -2.43. The fourth-order valence-corrected chi connectivity index (χ4v) is 3.58. The third kappa shape index (κ3) is 2.25. The van der Waals surface area contributed by atoms with Crippen LogP contribution < -0.4 is 5.32 Å². The van der Waals surface area contributed by atoms with E-state index >= 15 is 0 Å². The maximum Gasteiger partial charge on any atom is 0.434 e. The van der Waals surface area contributed by atoms with Gasteiger partial charge in [-0.15, -0.1) is 11.3 Å². The van der Waals surface area contributed by atoms with Crippen molar-refractivity contribution in [2.45, 2.75) is 30.9 Å². The summed E-state index contributed by atoms with van der Waals surface area (Å²) in [7, 11) is 0. The maximum absolute atomic E-state index is 13.3. The quantitative estimate of drug-likeness (QED) is 0.751. The molecule has 2 heterocycles. The zero-order valence-electron chi connectivity index (χ0n) is 11.8. The van der Waals surface area contributed by atoms with Crippen LogP contribution in [-0.2, 0) is 6.18 Å². The summed E-state index contributed by atoms with van der Waals surface area (Å²) in [6.45, 7) is -0.678. The number of aromatic nitrogens is 1. The molecule has 134 valence electrons. The second-order valence-electron chi connectivity index (χ2n) is 5.68. The highest BCUT2D eigenvalue weighted by Crippen LogP contribution is 2.76. The number of alkyl halides is 7. The van der Waals surface area contributed by atoms with Crippen molar-refractivity contribution in [1.29, 1.82) is 0 Å². The number of urea groups is 1. The molecular formula is C12H10F7N3OS. The first-order chi connectivity index (χ1) is 10.9. The highest BCUT2D eigenvalue weighted by Gasteiger charge is 2.95. The van der Waals surface area contributed by atoms with Gasteiger partial charge in [-0.25, -0.2) is 9.78 Å². The predicted molar refractivity (Wildman–Crippen MR) is 69.3 cm³/mol. The molecule has 24 heavy (non-hydrogen) atoms. The minimum Gasteiger partial charge on any atom is -0.324 e. The molecule has 1 aromatic rings. The van der Waals surface area contributed by atoms with Crippen molar-refractivity contribution in [3.8, 4) is 0 Å². The summed E-state index contributed by atoms with van der Waals surface area (Å²) < 4.78 is 90.3. The van der Waals surface area contributed by atoms with Gasteiger partial charge in [-0.1, -0.05) is 0 Å². The third-order valence-corrected chi connectivity index (χ3v) is 5.20. The average Bonchev–Trinajstić information content (AvgIpc) is 2.86. The normalized spacial score (nSPS) is 24.0. The van der Waals surface area contributed by atoms with E-state index in [1.807, 2.05) is 0 Å². The van der Waals surface area contributed by atoms with Crippen LogP contribution in [0, 0.1) is 5.41 Å². The predicted octanol–water partition coefficient (Wildman–Crippen LogP) is 4.06. The van der Waals surface area contributed by atoms with E-state index in [0.29, 0.717) is 16.7 Å². The largest absolute Gasteiger partial charge is 0.434 e. The summed E-state index contributed by atoms with van der Waals surface area (Å²) in [5, 5.41) is 2.52. The van der Waals surface area contributed by atoms with Gasteiger partial charge in [0.05, 0.1) is 0 Å². The monoisotopic (exact) mass is 377 g/mol. The second-order valence-corrected chi connectivity index (χ2v) is 6.54. The molecule has 0 bridgehead atoms. The number of rotatable bonds is 1. The van der Waals surface area contributed by atoms with Crippen LogP contribution in [0.1, 0.15) is 18.5 Å². The van der Waals surface area contributed by atoms with Crippen molar-refractivity contribution in [1.82, 2.24) is 9.88 Å². The molecule has 1 spiro atoms. The fraction of sp³-hybridized carbons (Fsp3) is 0.667. The number of anilines is 1. The first kappa shape index (κ1) is 17.2. The highest BCUT2D eigenvalue weighted by molar-refractivity contribution is 7.13. The summed E-state index contributed by atoms with van der Waals surface area (Å²) in [5.74, 6) is -8.17. The summed E-state index contributed by atoms with van der Waals surface area (Å²) >= 11 is 0.551. The van der Waals surface area contributed by atoms with Gasteiger partial charge in [-0.3, -0.25) is 5.32 Å². The molecule has 12 heteroatoms. The van der Waals surface area contributed by atoms with Crippen molar-refractivity contribution in [2.75, 3.05) is 18.4 Å². The Hall–Kier alpha value is -1.59. The van der Waals surface area contributed by atoms with Crippen LogP contribution in [0.4, 0.5) is 40.7 Å². The molecule has 0 unspecified atom stereocenters. The van der Waals surface area contributed by atoms with Crippen molar-refractivity contribution in [3.05, 3.63) is 11.1 Å². The van der Waals surface area contributed by atoms with E-state index in [0.717, 1.165) is 4.90 Å². The van der Waals surface area contributed by atoms with E-state index in [2.05, 4.69) is 10.3 Å². The minimum absolute atomic E-state index is 0.310.